The van der Waals surface area contributed by atoms with Gasteiger partial charge in [-0.15, -0.1) is 0 Å². The normalized spacial score (nSPS) is 11.6. The molecule has 2 aromatic carbocycles. The summed E-state index contributed by atoms with van der Waals surface area (Å²) in [5.41, 5.74) is 2.24. The number of methoxy groups -OCH3 is 1. The lowest BCUT2D eigenvalue weighted by atomic mass is 10.1. The van der Waals surface area contributed by atoms with Gasteiger partial charge in [-0.2, -0.15) is 0 Å². The van der Waals surface area contributed by atoms with E-state index in [4.69, 9.17) is 9.47 Å². The quantitative estimate of drug-likeness (QED) is 0.891. The highest BCUT2D eigenvalue weighted by molar-refractivity contribution is 5.80. The summed E-state index contributed by atoms with van der Waals surface area (Å²) in [7, 11) is 1.57. The Labute approximate surface area is 131 Å². The van der Waals surface area contributed by atoms with Gasteiger partial charge < -0.3 is 14.8 Å². The maximum Gasteiger partial charge on any atom is 0.261 e. The highest BCUT2D eigenvalue weighted by Crippen LogP contribution is 2.26. The predicted octanol–water partition coefficient (Wildman–Crippen LogP) is 3.09. The number of rotatable bonds is 6. The number of para-hydroxylation sites is 2. The third-order valence-electron chi connectivity index (χ3n) is 3.29. The summed E-state index contributed by atoms with van der Waals surface area (Å²) in [4.78, 5) is 12.1. The molecule has 1 amide bonds. The number of ether oxygens (including phenoxy) is 2. The number of carbonyl (C=O) groups excluding carboxylic acids is 1. The molecule has 2 aromatic rings. The summed E-state index contributed by atoms with van der Waals surface area (Å²) in [6.07, 6.45) is -0.596. The molecule has 0 fully saturated rings. The van der Waals surface area contributed by atoms with Crippen LogP contribution >= 0.6 is 0 Å². The Hall–Kier alpha value is -2.49. The Bertz CT molecular complexity index is 640. The highest BCUT2D eigenvalue weighted by atomic mass is 16.5. The first-order valence-electron chi connectivity index (χ1n) is 7.23. The molecule has 0 aliphatic rings. The van der Waals surface area contributed by atoms with Gasteiger partial charge in [-0.05, 0) is 31.5 Å². The van der Waals surface area contributed by atoms with Crippen LogP contribution in [-0.2, 0) is 11.3 Å². The van der Waals surface area contributed by atoms with Crippen LogP contribution in [0.4, 0.5) is 0 Å². The maximum absolute atomic E-state index is 12.1. The standard InChI is InChI=1S/C18H21NO3/c1-13-7-6-8-15(11-13)12-19-18(20)14(2)22-17-10-5-4-9-16(17)21-3/h4-11,14H,12H2,1-3H3,(H,19,20)/t14-/m0/s1. The molecule has 0 heterocycles. The van der Waals surface area contributed by atoms with Crippen molar-refractivity contribution in [1.29, 1.82) is 0 Å². The number of benzene rings is 2. The highest BCUT2D eigenvalue weighted by Gasteiger charge is 2.16. The summed E-state index contributed by atoms with van der Waals surface area (Å²) in [6, 6.07) is 15.3. The Kier molecular flexibility index (Phi) is 5.42. The molecule has 0 aliphatic heterocycles. The lowest BCUT2D eigenvalue weighted by Crippen LogP contribution is -2.35. The number of hydrogen-bond donors (Lipinski definition) is 1. The lowest BCUT2D eigenvalue weighted by molar-refractivity contribution is -0.127. The van der Waals surface area contributed by atoms with Gasteiger partial charge in [0.25, 0.3) is 5.91 Å². The molecule has 0 bridgehead atoms. The fourth-order valence-corrected chi connectivity index (χ4v) is 2.12. The van der Waals surface area contributed by atoms with Crippen molar-refractivity contribution in [1.82, 2.24) is 5.32 Å². The van der Waals surface area contributed by atoms with Crippen molar-refractivity contribution in [2.24, 2.45) is 0 Å². The third-order valence-corrected chi connectivity index (χ3v) is 3.29. The average molecular weight is 299 g/mol. The van der Waals surface area contributed by atoms with Gasteiger partial charge in [0.05, 0.1) is 7.11 Å². The van der Waals surface area contributed by atoms with Gasteiger partial charge in [-0.3, -0.25) is 4.79 Å². The molecule has 0 unspecified atom stereocenters. The molecule has 4 nitrogen and oxygen atoms in total. The molecule has 2 rings (SSSR count). The van der Waals surface area contributed by atoms with E-state index in [1.165, 1.54) is 5.56 Å². The van der Waals surface area contributed by atoms with E-state index in [0.717, 1.165) is 5.56 Å². The van der Waals surface area contributed by atoms with Crippen LogP contribution in [0.15, 0.2) is 48.5 Å². The van der Waals surface area contributed by atoms with Crippen molar-refractivity contribution in [3.8, 4) is 11.5 Å². The average Bonchev–Trinajstić information content (AvgIpc) is 2.53. The molecule has 0 aromatic heterocycles. The number of carbonyl (C=O) groups is 1. The van der Waals surface area contributed by atoms with E-state index < -0.39 is 6.10 Å². The summed E-state index contributed by atoms with van der Waals surface area (Å²) in [5, 5.41) is 2.88. The van der Waals surface area contributed by atoms with Crippen LogP contribution in [0.5, 0.6) is 11.5 Å². The Balaban J connectivity index is 1.92. The Morgan fingerprint density at radius 1 is 1.14 bits per heavy atom. The van der Waals surface area contributed by atoms with E-state index in [-0.39, 0.29) is 5.91 Å². The van der Waals surface area contributed by atoms with Gasteiger partial charge >= 0.3 is 0 Å². The summed E-state index contributed by atoms with van der Waals surface area (Å²) >= 11 is 0. The van der Waals surface area contributed by atoms with E-state index >= 15 is 0 Å². The van der Waals surface area contributed by atoms with Gasteiger partial charge in [0.15, 0.2) is 17.6 Å². The molecule has 4 heteroatoms. The van der Waals surface area contributed by atoms with Crippen LogP contribution in [0, 0.1) is 6.92 Å². The SMILES string of the molecule is COc1ccccc1O[C@@H](C)C(=O)NCc1cccc(C)c1. The molecule has 1 atom stereocenters. The first kappa shape index (κ1) is 15.9. The zero-order valence-corrected chi connectivity index (χ0v) is 13.1. The zero-order valence-electron chi connectivity index (χ0n) is 13.1. The second-order valence-corrected chi connectivity index (χ2v) is 5.12. The molecule has 22 heavy (non-hydrogen) atoms. The van der Waals surface area contributed by atoms with E-state index in [9.17, 15) is 4.79 Å². The monoisotopic (exact) mass is 299 g/mol. The van der Waals surface area contributed by atoms with Gasteiger partial charge in [0.1, 0.15) is 0 Å². The minimum absolute atomic E-state index is 0.160. The van der Waals surface area contributed by atoms with Crippen molar-refractivity contribution in [3.05, 3.63) is 59.7 Å². The molecule has 0 saturated heterocycles. The molecule has 116 valence electrons. The molecule has 0 radical (unpaired) electrons. The van der Waals surface area contributed by atoms with Crippen LogP contribution in [-0.4, -0.2) is 19.1 Å². The van der Waals surface area contributed by atoms with Crippen LogP contribution in [0.25, 0.3) is 0 Å². The van der Waals surface area contributed by atoms with E-state index in [1.54, 1.807) is 26.2 Å². The number of aryl methyl sites for hydroxylation is 1. The maximum atomic E-state index is 12.1. The molecule has 0 spiro atoms. The van der Waals surface area contributed by atoms with Crippen LogP contribution in [0.1, 0.15) is 18.1 Å². The third kappa shape index (κ3) is 4.25. The minimum atomic E-state index is -0.596. The van der Waals surface area contributed by atoms with Crippen LogP contribution in [0.3, 0.4) is 0 Å². The predicted molar refractivity (Wildman–Crippen MR) is 86.1 cm³/mol. The lowest BCUT2D eigenvalue weighted by Gasteiger charge is -2.16. The molecular formula is C18H21NO3. The van der Waals surface area contributed by atoms with Crippen molar-refractivity contribution < 1.29 is 14.3 Å². The fraction of sp³-hybridized carbons (Fsp3) is 0.278. The number of amides is 1. The summed E-state index contributed by atoms with van der Waals surface area (Å²) < 4.78 is 10.9. The second kappa shape index (κ2) is 7.50. The van der Waals surface area contributed by atoms with Crippen molar-refractivity contribution in [2.45, 2.75) is 26.5 Å². The van der Waals surface area contributed by atoms with Crippen molar-refractivity contribution in [3.63, 3.8) is 0 Å². The van der Waals surface area contributed by atoms with Gasteiger partial charge in [0, 0.05) is 6.54 Å². The van der Waals surface area contributed by atoms with Crippen LogP contribution in [0.2, 0.25) is 0 Å². The summed E-state index contributed by atoms with van der Waals surface area (Å²) in [5.74, 6) is 1.01. The first-order valence-corrected chi connectivity index (χ1v) is 7.23. The first-order chi connectivity index (χ1) is 10.6. The Morgan fingerprint density at radius 3 is 2.55 bits per heavy atom. The molecule has 0 saturated carbocycles. The van der Waals surface area contributed by atoms with Gasteiger partial charge in [-0.25, -0.2) is 0 Å². The fourth-order valence-electron chi connectivity index (χ4n) is 2.12. The van der Waals surface area contributed by atoms with E-state index in [0.29, 0.717) is 18.0 Å². The number of hydrogen-bond acceptors (Lipinski definition) is 3. The Morgan fingerprint density at radius 2 is 1.86 bits per heavy atom. The van der Waals surface area contributed by atoms with Crippen LogP contribution < -0.4 is 14.8 Å². The summed E-state index contributed by atoms with van der Waals surface area (Å²) in [6.45, 7) is 4.23. The second-order valence-electron chi connectivity index (χ2n) is 5.12. The zero-order chi connectivity index (χ0) is 15.9. The largest absolute Gasteiger partial charge is 0.493 e. The minimum Gasteiger partial charge on any atom is -0.493 e. The number of nitrogens with one attached hydrogen (secondary N) is 1. The topological polar surface area (TPSA) is 47.6 Å². The van der Waals surface area contributed by atoms with E-state index in [2.05, 4.69) is 5.32 Å². The smallest absolute Gasteiger partial charge is 0.261 e. The van der Waals surface area contributed by atoms with Crippen molar-refractivity contribution in [2.75, 3.05) is 7.11 Å². The van der Waals surface area contributed by atoms with Gasteiger partial charge in [0.2, 0.25) is 0 Å². The molecule has 1 N–H and O–H groups in total. The molecular weight excluding hydrogens is 278 g/mol. The van der Waals surface area contributed by atoms with E-state index in [1.807, 2.05) is 43.3 Å². The van der Waals surface area contributed by atoms with Crippen molar-refractivity contribution >= 4 is 5.91 Å². The molecule has 0 aliphatic carbocycles. The van der Waals surface area contributed by atoms with Gasteiger partial charge in [-0.1, -0.05) is 42.0 Å².